The van der Waals surface area contributed by atoms with E-state index in [1.165, 1.54) is 0 Å². The van der Waals surface area contributed by atoms with Gasteiger partial charge in [-0.2, -0.15) is 0 Å². The summed E-state index contributed by atoms with van der Waals surface area (Å²) >= 11 is 5.83. The third kappa shape index (κ3) is 11.8. The van der Waals surface area contributed by atoms with Crippen molar-refractivity contribution in [2.24, 2.45) is 4.99 Å². The summed E-state index contributed by atoms with van der Waals surface area (Å²) < 4.78 is 10.9. The summed E-state index contributed by atoms with van der Waals surface area (Å²) in [6.45, 7) is 9.05. The van der Waals surface area contributed by atoms with Crippen molar-refractivity contribution in [3.8, 4) is 0 Å². The molecule has 0 unspecified atom stereocenters. The SMILES string of the molecule is CCCCOCCOCCN=C(NCC)NCCNC(=O)c1ccc(Cl)cc1. The van der Waals surface area contributed by atoms with Crippen molar-refractivity contribution in [3.05, 3.63) is 34.9 Å². The van der Waals surface area contributed by atoms with E-state index in [0.717, 1.165) is 26.0 Å². The minimum absolute atomic E-state index is 0.130. The number of unbranched alkanes of at least 4 members (excludes halogenated alkanes) is 1. The van der Waals surface area contributed by atoms with E-state index in [0.29, 0.717) is 56.0 Å². The zero-order valence-electron chi connectivity index (χ0n) is 16.9. The molecule has 1 amide bonds. The van der Waals surface area contributed by atoms with E-state index < -0.39 is 0 Å². The lowest BCUT2D eigenvalue weighted by molar-refractivity contribution is 0.0497. The first-order chi connectivity index (χ1) is 13.7. The summed E-state index contributed by atoms with van der Waals surface area (Å²) in [6, 6.07) is 6.80. The number of nitrogens with one attached hydrogen (secondary N) is 3. The largest absolute Gasteiger partial charge is 0.379 e. The van der Waals surface area contributed by atoms with Crippen LogP contribution >= 0.6 is 11.6 Å². The van der Waals surface area contributed by atoms with Crippen molar-refractivity contribution < 1.29 is 14.3 Å². The molecule has 0 aliphatic rings. The van der Waals surface area contributed by atoms with Crippen molar-refractivity contribution in [2.75, 3.05) is 52.6 Å². The van der Waals surface area contributed by atoms with Crippen molar-refractivity contribution in [2.45, 2.75) is 26.7 Å². The fraction of sp³-hybridized carbons (Fsp3) is 0.600. The molecule has 0 aromatic heterocycles. The first-order valence-electron chi connectivity index (χ1n) is 9.88. The smallest absolute Gasteiger partial charge is 0.251 e. The lowest BCUT2D eigenvalue weighted by atomic mass is 10.2. The van der Waals surface area contributed by atoms with E-state index in [1.807, 2.05) is 6.92 Å². The summed E-state index contributed by atoms with van der Waals surface area (Å²) in [5.41, 5.74) is 0.584. The predicted octanol–water partition coefficient (Wildman–Crippen LogP) is 2.46. The minimum Gasteiger partial charge on any atom is -0.379 e. The molecule has 28 heavy (non-hydrogen) atoms. The Morgan fingerprint density at radius 1 is 0.964 bits per heavy atom. The minimum atomic E-state index is -0.130. The van der Waals surface area contributed by atoms with E-state index in [-0.39, 0.29) is 5.91 Å². The second-order valence-corrected chi connectivity index (χ2v) is 6.46. The van der Waals surface area contributed by atoms with Crippen LogP contribution in [0.5, 0.6) is 0 Å². The first-order valence-corrected chi connectivity index (χ1v) is 10.3. The van der Waals surface area contributed by atoms with Gasteiger partial charge in [-0.1, -0.05) is 24.9 Å². The van der Waals surface area contributed by atoms with Gasteiger partial charge in [0.2, 0.25) is 0 Å². The molecule has 0 aliphatic carbocycles. The Labute approximate surface area is 173 Å². The molecule has 158 valence electrons. The van der Waals surface area contributed by atoms with Crippen LogP contribution in [0.3, 0.4) is 0 Å². The summed E-state index contributed by atoms with van der Waals surface area (Å²) in [5, 5.41) is 9.81. The monoisotopic (exact) mass is 412 g/mol. The molecule has 1 aromatic rings. The van der Waals surface area contributed by atoms with E-state index in [2.05, 4.69) is 27.9 Å². The van der Waals surface area contributed by atoms with Crippen molar-refractivity contribution in [3.63, 3.8) is 0 Å². The Bertz CT molecular complexity index is 567. The molecule has 1 rings (SSSR count). The fourth-order valence-electron chi connectivity index (χ4n) is 2.19. The van der Waals surface area contributed by atoms with Crippen LogP contribution < -0.4 is 16.0 Å². The van der Waals surface area contributed by atoms with E-state index in [4.69, 9.17) is 21.1 Å². The summed E-state index contributed by atoms with van der Waals surface area (Å²) in [6.07, 6.45) is 2.22. The number of amides is 1. The molecule has 0 heterocycles. The molecule has 0 fully saturated rings. The normalized spacial score (nSPS) is 11.3. The maximum atomic E-state index is 12.0. The fourth-order valence-corrected chi connectivity index (χ4v) is 2.32. The highest BCUT2D eigenvalue weighted by Crippen LogP contribution is 2.09. The molecule has 0 radical (unpaired) electrons. The lowest BCUT2D eigenvalue weighted by Gasteiger charge is -2.12. The van der Waals surface area contributed by atoms with Gasteiger partial charge in [0.25, 0.3) is 5.91 Å². The first kappa shape index (κ1) is 24.2. The van der Waals surface area contributed by atoms with Gasteiger partial charge in [-0.15, -0.1) is 0 Å². The second-order valence-electron chi connectivity index (χ2n) is 6.03. The molecule has 3 N–H and O–H groups in total. The highest BCUT2D eigenvalue weighted by molar-refractivity contribution is 6.30. The van der Waals surface area contributed by atoms with E-state index in [9.17, 15) is 4.79 Å². The number of guanidine groups is 1. The van der Waals surface area contributed by atoms with Crippen molar-refractivity contribution in [1.29, 1.82) is 0 Å². The van der Waals surface area contributed by atoms with Crippen molar-refractivity contribution >= 4 is 23.5 Å². The molecule has 7 nitrogen and oxygen atoms in total. The number of hydrogen-bond acceptors (Lipinski definition) is 4. The molecule has 0 atom stereocenters. The Morgan fingerprint density at radius 3 is 2.32 bits per heavy atom. The molecular formula is C20H33ClN4O3. The van der Waals surface area contributed by atoms with Crippen LogP contribution in [-0.4, -0.2) is 64.5 Å². The Hall–Kier alpha value is -1.83. The number of ether oxygens (including phenoxy) is 2. The third-order valence-electron chi connectivity index (χ3n) is 3.67. The van der Waals surface area contributed by atoms with Gasteiger partial charge in [0.15, 0.2) is 5.96 Å². The molecule has 0 saturated heterocycles. The summed E-state index contributed by atoms with van der Waals surface area (Å²) in [5.74, 6) is 0.570. The van der Waals surface area contributed by atoms with Gasteiger partial charge in [-0.3, -0.25) is 9.79 Å². The highest BCUT2D eigenvalue weighted by Gasteiger charge is 2.04. The standard InChI is InChI=1S/C20H33ClN4O3/c1-3-5-13-27-15-16-28-14-12-25-20(22-4-2)24-11-10-23-19(26)17-6-8-18(21)9-7-17/h6-9H,3-5,10-16H2,1-2H3,(H,23,26)(H2,22,24,25). The average Bonchev–Trinajstić information content (AvgIpc) is 2.70. The van der Waals surface area contributed by atoms with Crippen LogP contribution in [0, 0.1) is 0 Å². The van der Waals surface area contributed by atoms with Crippen LogP contribution in [-0.2, 0) is 9.47 Å². The van der Waals surface area contributed by atoms with Crippen LogP contribution in [0.2, 0.25) is 5.02 Å². The lowest BCUT2D eigenvalue weighted by Crippen LogP contribution is -2.41. The number of nitrogens with zero attached hydrogens (tertiary/aromatic N) is 1. The third-order valence-corrected chi connectivity index (χ3v) is 3.93. The number of hydrogen-bond donors (Lipinski definition) is 3. The van der Waals surface area contributed by atoms with Gasteiger partial charge in [0, 0.05) is 36.8 Å². The van der Waals surface area contributed by atoms with Crippen molar-refractivity contribution in [1.82, 2.24) is 16.0 Å². The number of carbonyl (C=O) groups excluding carboxylic acids is 1. The van der Waals surface area contributed by atoms with Crippen LogP contribution in [0.25, 0.3) is 0 Å². The van der Waals surface area contributed by atoms with Crippen LogP contribution in [0.1, 0.15) is 37.0 Å². The number of benzene rings is 1. The number of rotatable bonds is 14. The molecule has 8 heteroatoms. The zero-order chi connectivity index (χ0) is 20.5. The molecule has 0 bridgehead atoms. The average molecular weight is 413 g/mol. The maximum Gasteiger partial charge on any atom is 0.251 e. The predicted molar refractivity (Wildman–Crippen MR) is 114 cm³/mol. The Kier molecular flexibility index (Phi) is 14.0. The van der Waals surface area contributed by atoms with E-state index in [1.54, 1.807) is 24.3 Å². The van der Waals surface area contributed by atoms with Gasteiger partial charge >= 0.3 is 0 Å². The van der Waals surface area contributed by atoms with Gasteiger partial charge in [0.1, 0.15) is 0 Å². The topological polar surface area (TPSA) is 84.0 Å². The summed E-state index contributed by atoms with van der Waals surface area (Å²) in [7, 11) is 0. The number of halogens is 1. The second kappa shape index (κ2) is 16.2. The molecule has 0 spiro atoms. The van der Waals surface area contributed by atoms with E-state index >= 15 is 0 Å². The van der Waals surface area contributed by atoms with Gasteiger partial charge in [-0.25, -0.2) is 0 Å². The van der Waals surface area contributed by atoms with Crippen LogP contribution in [0.15, 0.2) is 29.3 Å². The Balaban J connectivity index is 2.16. The Morgan fingerprint density at radius 2 is 1.64 bits per heavy atom. The number of carbonyl (C=O) groups is 1. The maximum absolute atomic E-state index is 12.0. The molecular weight excluding hydrogens is 380 g/mol. The number of aliphatic imine (C=N–C) groups is 1. The van der Waals surface area contributed by atoms with Crippen LogP contribution in [0.4, 0.5) is 0 Å². The molecule has 1 aromatic carbocycles. The molecule has 0 saturated carbocycles. The highest BCUT2D eigenvalue weighted by atomic mass is 35.5. The quantitative estimate of drug-likeness (QED) is 0.248. The summed E-state index contributed by atoms with van der Waals surface area (Å²) in [4.78, 5) is 16.5. The zero-order valence-corrected chi connectivity index (χ0v) is 17.7. The van der Waals surface area contributed by atoms with Gasteiger partial charge in [-0.05, 0) is 37.6 Å². The van der Waals surface area contributed by atoms with Gasteiger partial charge in [0.05, 0.1) is 26.4 Å². The van der Waals surface area contributed by atoms with Gasteiger partial charge < -0.3 is 25.4 Å². The molecule has 0 aliphatic heterocycles.